The fourth-order valence-electron chi connectivity index (χ4n) is 3.74. The van der Waals surface area contributed by atoms with Crippen molar-refractivity contribution < 1.29 is 28.8 Å². The van der Waals surface area contributed by atoms with E-state index >= 15 is 0 Å². The standard InChI is InChI=1S/C23H28O6/c1-23(2)28-21-20(26-14-17-11-7-4-8-12-17)19(27-22(21)29-23)18(24)15-25-13-16-9-5-3-6-10-16/h3-12,18-22,24H,13-15H2,1-2H3/t18-,19+,20+,21-,22-/m1/s1. The highest BCUT2D eigenvalue weighted by Gasteiger charge is 2.57. The Morgan fingerprint density at radius 1 is 0.931 bits per heavy atom. The van der Waals surface area contributed by atoms with E-state index in [2.05, 4.69) is 0 Å². The molecule has 0 radical (unpaired) electrons. The lowest BCUT2D eigenvalue weighted by Gasteiger charge is -2.28. The van der Waals surface area contributed by atoms with Crippen LogP contribution in [0.3, 0.4) is 0 Å². The molecule has 0 spiro atoms. The molecule has 2 heterocycles. The first-order valence-electron chi connectivity index (χ1n) is 9.98. The molecular formula is C23H28O6. The third kappa shape index (κ3) is 5.04. The number of fused-ring (bicyclic) bond motifs is 1. The Morgan fingerprint density at radius 2 is 1.55 bits per heavy atom. The van der Waals surface area contributed by atoms with E-state index in [9.17, 15) is 5.11 Å². The summed E-state index contributed by atoms with van der Waals surface area (Å²) in [5.74, 6) is -0.747. The maximum Gasteiger partial charge on any atom is 0.190 e. The molecule has 2 aromatic rings. The topological polar surface area (TPSA) is 66.4 Å². The highest BCUT2D eigenvalue weighted by molar-refractivity contribution is 5.14. The summed E-state index contributed by atoms with van der Waals surface area (Å²) in [7, 11) is 0. The van der Waals surface area contributed by atoms with Gasteiger partial charge in [-0.2, -0.15) is 0 Å². The van der Waals surface area contributed by atoms with Crippen molar-refractivity contribution in [2.24, 2.45) is 0 Å². The summed E-state index contributed by atoms with van der Waals surface area (Å²) in [4.78, 5) is 0. The minimum Gasteiger partial charge on any atom is -0.388 e. The van der Waals surface area contributed by atoms with Crippen molar-refractivity contribution in [1.82, 2.24) is 0 Å². The molecule has 2 aliphatic rings. The zero-order valence-electron chi connectivity index (χ0n) is 16.8. The number of benzene rings is 2. The summed E-state index contributed by atoms with van der Waals surface area (Å²) in [6, 6.07) is 19.7. The van der Waals surface area contributed by atoms with Gasteiger partial charge in [0.1, 0.15) is 24.4 Å². The predicted octanol–water partition coefficient (Wildman–Crippen LogP) is 3.03. The molecule has 0 aromatic heterocycles. The average molecular weight is 400 g/mol. The summed E-state index contributed by atoms with van der Waals surface area (Å²) < 4.78 is 29.7. The van der Waals surface area contributed by atoms with Gasteiger partial charge in [0, 0.05) is 0 Å². The number of aliphatic hydroxyl groups excluding tert-OH is 1. The maximum absolute atomic E-state index is 10.7. The first-order chi connectivity index (χ1) is 14.0. The van der Waals surface area contributed by atoms with Crippen LogP contribution in [-0.2, 0) is 36.9 Å². The highest BCUT2D eigenvalue weighted by atomic mass is 16.8. The molecule has 1 N–H and O–H groups in total. The molecule has 4 rings (SSSR count). The second-order valence-electron chi connectivity index (χ2n) is 7.90. The van der Waals surface area contributed by atoms with Crippen LogP contribution in [0.1, 0.15) is 25.0 Å². The largest absolute Gasteiger partial charge is 0.388 e. The number of ether oxygens (including phenoxy) is 5. The van der Waals surface area contributed by atoms with Gasteiger partial charge in [0.15, 0.2) is 12.1 Å². The minimum atomic E-state index is -0.861. The molecule has 0 bridgehead atoms. The zero-order valence-corrected chi connectivity index (χ0v) is 16.8. The van der Waals surface area contributed by atoms with E-state index in [0.29, 0.717) is 13.2 Å². The third-order valence-electron chi connectivity index (χ3n) is 5.09. The van der Waals surface area contributed by atoms with Gasteiger partial charge in [-0.1, -0.05) is 60.7 Å². The summed E-state index contributed by atoms with van der Waals surface area (Å²) in [6.45, 7) is 4.64. The molecule has 2 fully saturated rings. The van der Waals surface area contributed by atoms with Gasteiger partial charge in [0.2, 0.25) is 0 Å². The molecule has 0 unspecified atom stereocenters. The zero-order chi connectivity index (χ0) is 20.3. The van der Waals surface area contributed by atoms with Crippen LogP contribution >= 0.6 is 0 Å². The van der Waals surface area contributed by atoms with Crippen LogP contribution in [0.25, 0.3) is 0 Å². The Labute approximate surface area is 171 Å². The molecule has 2 aliphatic heterocycles. The van der Waals surface area contributed by atoms with Gasteiger partial charge in [0.05, 0.1) is 19.8 Å². The van der Waals surface area contributed by atoms with Crippen molar-refractivity contribution in [3.8, 4) is 0 Å². The van der Waals surface area contributed by atoms with Crippen LogP contribution in [-0.4, -0.2) is 48.2 Å². The van der Waals surface area contributed by atoms with Crippen molar-refractivity contribution in [2.45, 2.75) is 63.6 Å². The van der Waals surface area contributed by atoms with Gasteiger partial charge in [-0.05, 0) is 25.0 Å². The van der Waals surface area contributed by atoms with Crippen LogP contribution in [0.4, 0.5) is 0 Å². The number of hydrogen-bond donors (Lipinski definition) is 1. The molecule has 2 aromatic carbocycles. The SMILES string of the molecule is CC1(C)O[C@H]2O[C@@H]([C@H](O)COCc3ccccc3)[C@H](OCc3ccccc3)[C@H]2O1. The van der Waals surface area contributed by atoms with E-state index in [1.807, 2.05) is 74.5 Å². The quantitative estimate of drug-likeness (QED) is 0.735. The van der Waals surface area contributed by atoms with Gasteiger partial charge in [0.25, 0.3) is 0 Å². The minimum absolute atomic E-state index is 0.133. The summed E-state index contributed by atoms with van der Waals surface area (Å²) in [6.07, 6.45) is -2.89. The number of rotatable bonds is 8. The second-order valence-corrected chi connectivity index (χ2v) is 7.90. The third-order valence-corrected chi connectivity index (χ3v) is 5.09. The lowest BCUT2D eigenvalue weighted by Crippen LogP contribution is -2.44. The fourth-order valence-corrected chi connectivity index (χ4v) is 3.74. The lowest BCUT2D eigenvalue weighted by atomic mass is 10.1. The van der Waals surface area contributed by atoms with E-state index in [-0.39, 0.29) is 6.61 Å². The number of hydrogen-bond acceptors (Lipinski definition) is 6. The smallest absolute Gasteiger partial charge is 0.190 e. The van der Waals surface area contributed by atoms with Crippen LogP contribution in [0.15, 0.2) is 60.7 Å². The molecule has 6 nitrogen and oxygen atoms in total. The predicted molar refractivity (Wildman–Crippen MR) is 106 cm³/mol. The van der Waals surface area contributed by atoms with Crippen LogP contribution in [0.5, 0.6) is 0 Å². The molecule has 0 aliphatic carbocycles. The van der Waals surface area contributed by atoms with E-state index in [1.54, 1.807) is 0 Å². The molecule has 2 saturated heterocycles. The van der Waals surface area contributed by atoms with Gasteiger partial charge in [-0.3, -0.25) is 0 Å². The van der Waals surface area contributed by atoms with Crippen LogP contribution in [0, 0.1) is 0 Å². The normalized spacial score (nSPS) is 28.9. The Balaban J connectivity index is 1.38. The van der Waals surface area contributed by atoms with Gasteiger partial charge in [-0.15, -0.1) is 0 Å². The molecule has 29 heavy (non-hydrogen) atoms. The highest BCUT2D eigenvalue weighted by Crippen LogP contribution is 2.40. The first-order valence-corrected chi connectivity index (χ1v) is 9.98. The van der Waals surface area contributed by atoms with E-state index < -0.39 is 36.5 Å². The molecule has 6 heteroatoms. The molecular weight excluding hydrogens is 372 g/mol. The molecule has 0 amide bonds. The van der Waals surface area contributed by atoms with Crippen LogP contribution in [0.2, 0.25) is 0 Å². The summed E-state index contributed by atoms with van der Waals surface area (Å²) in [5.41, 5.74) is 2.09. The van der Waals surface area contributed by atoms with E-state index in [4.69, 9.17) is 23.7 Å². The van der Waals surface area contributed by atoms with Gasteiger partial charge in [-0.25, -0.2) is 0 Å². The lowest BCUT2D eigenvalue weighted by molar-refractivity contribution is -0.233. The Hall–Kier alpha value is -1.80. The Bertz CT molecular complexity index is 765. The number of aliphatic hydroxyl groups is 1. The molecule has 156 valence electrons. The first kappa shape index (κ1) is 20.5. The summed E-state index contributed by atoms with van der Waals surface area (Å²) >= 11 is 0. The van der Waals surface area contributed by atoms with Crippen molar-refractivity contribution in [3.05, 3.63) is 71.8 Å². The Morgan fingerprint density at radius 3 is 2.21 bits per heavy atom. The monoisotopic (exact) mass is 400 g/mol. The summed E-state index contributed by atoms with van der Waals surface area (Å²) in [5, 5.41) is 10.7. The Kier molecular flexibility index (Phi) is 6.29. The van der Waals surface area contributed by atoms with Crippen molar-refractivity contribution in [3.63, 3.8) is 0 Å². The van der Waals surface area contributed by atoms with Crippen molar-refractivity contribution in [1.29, 1.82) is 0 Å². The van der Waals surface area contributed by atoms with Crippen molar-refractivity contribution in [2.75, 3.05) is 6.61 Å². The fraction of sp³-hybridized carbons (Fsp3) is 0.478. The van der Waals surface area contributed by atoms with Crippen LogP contribution < -0.4 is 0 Å². The second kappa shape index (κ2) is 8.92. The molecule has 5 atom stereocenters. The van der Waals surface area contributed by atoms with E-state index in [1.165, 1.54) is 0 Å². The maximum atomic E-state index is 10.7. The average Bonchev–Trinajstić information content (AvgIpc) is 3.19. The van der Waals surface area contributed by atoms with E-state index in [0.717, 1.165) is 11.1 Å². The van der Waals surface area contributed by atoms with Gasteiger partial charge >= 0.3 is 0 Å². The van der Waals surface area contributed by atoms with Crippen molar-refractivity contribution >= 4 is 0 Å². The van der Waals surface area contributed by atoms with Gasteiger partial charge < -0.3 is 28.8 Å². The molecule has 0 saturated carbocycles.